The maximum absolute atomic E-state index is 12.7. The van der Waals surface area contributed by atoms with Crippen molar-refractivity contribution in [2.24, 2.45) is 5.92 Å². The van der Waals surface area contributed by atoms with Gasteiger partial charge < -0.3 is 10.6 Å². The third kappa shape index (κ3) is 3.26. The number of carbonyl (C=O) groups is 1. The lowest BCUT2D eigenvalue weighted by Crippen LogP contribution is -2.48. The average molecular weight is 326 g/mol. The molecule has 5 nitrogen and oxygen atoms in total. The van der Waals surface area contributed by atoms with Crippen LogP contribution >= 0.6 is 0 Å². The summed E-state index contributed by atoms with van der Waals surface area (Å²) in [4.78, 5) is 21.9. The first-order valence-corrected chi connectivity index (χ1v) is 8.65. The standard InChI is InChI=1S/C19H26N4O/c1-12-7-5-9-15-16(12)21-13(2)22-17(15)19(3,4)23-18(24)14-8-6-10-20-11-14/h5,7,9,14,20H,6,8,10-11H2,1-4H3,(H,23,24)/t14-/m0/s1. The lowest BCUT2D eigenvalue weighted by Gasteiger charge is -2.31. The van der Waals surface area contributed by atoms with Crippen LogP contribution in [0, 0.1) is 19.8 Å². The van der Waals surface area contributed by atoms with Crippen LogP contribution < -0.4 is 10.6 Å². The average Bonchev–Trinajstić information content (AvgIpc) is 2.55. The van der Waals surface area contributed by atoms with Crippen molar-refractivity contribution in [3.05, 3.63) is 35.3 Å². The quantitative estimate of drug-likeness (QED) is 0.910. The van der Waals surface area contributed by atoms with E-state index in [0.717, 1.165) is 53.9 Å². The Morgan fingerprint density at radius 2 is 2.08 bits per heavy atom. The van der Waals surface area contributed by atoms with Gasteiger partial charge in [-0.05, 0) is 52.6 Å². The van der Waals surface area contributed by atoms with Crippen LogP contribution in [-0.4, -0.2) is 29.0 Å². The molecule has 2 heterocycles. The van der Waals surface area contributed by atoms with Gasteiger partial charge in [0.1, 0.15) is 5.82 Å². The van der Waals surface area contributed by atoms with Gasteiger partial charge in [0, 0.05) is 11.9 Å². The van der Waals surface area contributed by atoms with E-state index in [0.29, 0.717) is 0 Å². The molecule has 0 saturated carbocycles. The maximum atomic E-state index is 12.7. The van der Waals surface area contributed by atoms with E-state index in [4.69, 9.17) is 0 Å². The predicted molar refractivity (Wildman–Crippen MR) is 95.8 cm³/mol. The molecule has 0 unspecified atom stereocenters. The normalized spacial score (nSPS) is 18.6. The van der Waals surface area contributed by atoms with E-state index in [2.05, 4.69) is 33.6 Å². The fourth-order valence-corrected chi connectivity index (χ4v) is 3.43. The molecule has 5 heteroatoms. The molecular weight excluding hydrogens is 300 g/mol. The Balaban J connectivity index is 1.95. The predicted octanol–water partition coefficient (Wildman–Crippen LogP) is 2.60. The Kier molecular flexibility index (Phi) is 4.54. The molecular formula is C19H26N4O. The third-order valence-corrected chi connectivity index (χ3v) is 4.74. The molecule has 1 aliphatic rings. The van der Waals surface area contributed by atoms with Gasteiger partial charge in [-0.15, -0.1) is 0 Å². The van der Waals surface area contributed by atoms with Crippen molar-refractivity contribution in [2.75, 3.05) is 13.1 Å². The van der Waals surface area contributed by atoms with Crippen LogP contribution in [0.25, 0.3) is 10.9 Å². The largest absolute Gasteiger partial charge is 0.345 e. The highest BCUT2D eigenvalue weighted by Crippen LogP contribution is 2.28. The zero-order valence-electron chi connectivity index (χ0n) is 14.9. The first-order chi connectivity index (χ1) is 11.4. The van der Waals surface area contributed by atoms with Crippen LogP contribution in [0.2, 0.25) is 0 Å². The van der Waals surface area contributed by atoms with Gasteiger partial charge in [0.05, 0.1) is 22.7 Å². The van der Waals surface area contributed by atoms with Gasteiger partial charge in [-0.3, -0.25) is 4.79 Å². The number of carbonyl (C=O) groups excluding carboxylic acids is 1. The Morgan fingerprint density at radius 1 is 1.29 bits per heavy atom. The number of aromatic nitrogens is 2. The van der Waals surface area contributed by atoms with Crippen LogP contribution in [-0.2, 0) is 10.3 Å². The summed E-state index contributed by atoms with van der Waals surface area (Å²) in [5.74, 6) is 0.867. The van der Waals surface area contributed by atoms with Gasteiger partial charge in [-0.25, -0.2) is 9.97 Å². The Morgan fingerprint density at radius 3 is 2.79 bits per heavy atom. The Hall–Kier alpha value is -2.01. The van der Waals surface area contributed by atoms with Crippen molar-refractivity contribution in [3.63, 3.8) is 0 Å². The summed E-state index contributed by atoms with van der Waals surface area (Å²) in [6, 6.07) is 6.10. The van der Waals surface area contributed by atoms with Crippen LogP contribution in [0.4, 0.5) is 0 Å². The lowest BCUT2D eigenvalue weighted by atomic mass is 9.92. The second-order valence-electron chi connectivity index (χ2n) is 7.25. The van der Waals surface area contributed by atoms with Crippen molar-refractivity contribution in [1.82, 2.24) is 20.6 Å². The van der Waals surface area contributed by atoms with E-state index in [-0.39, 0.29) is 11.8 Å². The van der Waals surface area contributed by atoms with Crippen LogP contribution in [0.15, 0.2) is 18.2 Å². The molecule has 1 fully saturated rings. The molecule has 0 spiro atoms. The first kappa shape index (κ1) is 16.8. The molecule has 2 N–H and O–H groups in total. The lowest BCUT2D eigenvalue weighted by molar-refractivity contribution is -0.127. The first-order valence-electron chi connectivity index (χ1n) is 8.65. The van der Waals surface area contributed by atoms with Gasteiger partial charge in [0.25, 0.3) is 0 Å². The van der Waals surface area contributed by atoms with Gasteiger partial charge in [-0.2, -0.15) is 0 Å². The molecule has 0 aliphatic carbocycles. The maximum Gasteiger partial charge on any atom is 0.225 e. The highest BCUT2D eigenvalue weighted by molar-refractivity contribution is 5.86. The Bertz CT molecular complexity index is 763. The number of hydrogen-bond donors (Lipinski definition) is 2. The monoisotopic (exact) mass is 326 g/mol. The summed E-state index contributed by atoms with van der Waals surface area (Å²) >= 11 is 0. The summed E-state index contributed by atoms with van der Waals surface area (Å²) < 4.78 is 0. The van der Waals surface area contributed by atoms with E-state index in [1.807, 2.05) is 32.9 Å². The second-order valence-corrected chi connectivity index (χ2v) is 7.25. The molecule has 1 aliphatic heterocycles. The summed E-state index contributed by atoms with van der Waals surface area (Å²) in [6.45, 7) is 9.75. The zero-order chi connectivity index (χ0) is 17.3. The number of rotatable bonds is 3. The molecule has 3 rings (SSSR count). The minimum absolute atomic E-state index is 0.0361. The fourth-order valence-electron chi connectivity index (χ4n) is 3.43. The second kappa shape index (κ2) is 6.48. The molecule has 1 amide bonds. The van der Waals surface area contributed by atoms with Crippen LogP contribution in [0.1, 0.15) is 43.8 Å². The van der Waals surface area contributed by atoms with Crippen molar-refractivity contribution >= 4 is 16.8 Å². The van der Waals surface area contributed by atoms with Gasteiger partial charge in [-0.1, -0.05) is 18.2 Å². The van der Waals surface area contributed by atoms with Gasteiger partial charge in [0.2, 0.25) is 5.91 Å². The third-order valence-electron chi connectivity index (χ3n) is 4.74. The molecule has 128 valence electrons. The minimum Gasteiger partial charge on any atom is -0.345 e. The molecule has 1 aromatic carbocycles. The van der Waals surface area contributed by atoms with Crippen molar-refractivity contribution in [2.45, 2.75) is 46.1 Å². The number of hydrogen-bond acceptors (Lipinski definition) is 4. The van der Waals surface area contributed by atoms with E-state index >= 15 is 0 Å². The molecule has 24 heavy (non-hydrogen) atoms. The SMILES string of the molecule is Cc1nc(C(C)(C)NC(=O)[C@H]2CCCNC2)c2cccc(C)c2n1. The zero-order valence-corrected chi connectivity index (χ0v) is 14.9. The van der Waals surface area contributed by atoms with E-state index in [9.17, 15) is 4.79 Å². The number of nitrogens with one attached hydrogen (secondary N) is 2. The summed E-state index contributed by atoms with van der Waals surface area (Å²) in [7, 11) is 0. The summed E-state index contributed by atoms with van der Waals surface area (Å²) in [5.41, 5.74) is 2.42. The summed E-state index contributed by atoms with van der Waals surface area (Å²) in [6.07, 6.45) is 1.99. The van der Waals surface area contributed by atoms with Crippen LogP contribution in [0.3, 0.4) is 0 Å². The van der Waals surface area contributed by atoms with Gasteiger partial charge in [0.15, 0.2) is 0 Å². The van der Waals surface area contributed by atoms with Crippen molar-refractivity contribution in [3.8, 4) is 0 Å². The van der Waals surface area contributed by atoms with Crippen molar-refractivity contribution < 1.29 is 4.79 Å². The summed E-state index contributed by atoms with van der Waals surface area (Å²) in [5, 5.41) is 7.52. The van der Waals surface area contributed by atoms with Crippen LogP contribution in [0.5, 0.6) is 0 Å². The molecule has 1 atom stereocenters. The minimum atomic E-state index is -0.547. The van der Waals surface area contributed by atoms with E-state index in [1.54, 1.807) is 0 Å². The highest BCUT2D eigenvalue weighted by atomic mass is 16.2. The molecule has 2 aromatic rings. The number of piperidine rings is 1. The highest BCUT2D eigenvalue weighted by Gasteiger charge is 2.31. The van der Waals surface area contributed by atoms with E-state index in [1.165, 1.54) is 0 Å². The molecule has 0 bridgehead atoms. The molecule has 0 radical (unpaired) electrons. The van der Waals surface area contributed by atoms with Crippen molar-refractivity contribution in [1.29, 1.82) is 0 Å². The number of fused-ring (bicyclic) bond motifs is 1. The number of benzene rings is 1. The van der Waals surface area contributed by atoms with Gasteiger partial charge >= 0.3 is 0 Å². The number of amides is 1. The number of para-hydroxylation sites is 1. The molecule has 1 saturated heterocycles. The Labute approximate surface area is 143 Å². The smallest absolute Gasteiger partial charge is 0.225 e. The number of nitrogens with zero attached hydrogens (tertiary/aromatic N) is 2. The topological polar surface area (TPSA) is 66.9 Å². The molecule has 1 aromatic heterocycles. The van der Waals surface area contributed by atoms with E-state index < -0.39 is 5.54 Å². The fraction of sp³-hybridized carbons (Fsp3) is 0.526. The number of aryl methyl sites for hydroxylation is 2.